The first-order valence-electron chi connectivity index (χ1n) is 6.70. The number of ether oxygens (including phenoxy) is 4. The lowest BCUT2D eigenvalue weighted by Crippen LogP contribution is -2.11. The van der Waals surface area contributed by atoms with Crippen LogP contribution in [0.5, 0.6) is 0 Å². The van der Waals surface area contributed by atoms with Crippen molar-refractivity contribution in [3.63, 3.8) is 0 Å². The van der Waals surface area contributed by atoms with Crippen LogP contribution in [-0.2, 0) is 18.9 Å². The van der Waals surface area contributed by atoms with Gasteiger partial charge < -0.3 is 18.9 Å². The van der Waals surface area contributed by atoms with Crippen LogP contribution in [0.4, 0.5) is 0 Å². The minimum atomic E-state index is 0.621. The van der Waals surface area contributed by atoms with Gasteiger partial charge in [0, 0.05) is 19.0 Å². The van der Waals surface area contributed by atoms with E-state index >= 15 is 0 Å². The highest BCUT2D eigenvalue weighted by molar-refractivity contribution is 9.09. The largest absolute Gasteiger partial charge is 0.382 e. The first-order valence-corrected chi connectivity index (χ1v) is 7.82. The third-order valence-corrected chi connectivity index (χ3v) is 2.91. The molecule has 0 saturated heterocycles. The molecule has 0 rings (SSSR count). The molecule has 0 radical (unpaired) electrons. The molecule has 0 bridgehead atoms. The Morgan fingerprint density at radius 3 is 1.67 bits per heavy atom. The average Bonchev–Trinajstić information content (AvgIpc) is 2.39. The Morgan fingerprint density at radius 1 is 0.611 bits per heavy atom. The third-order valence-electron chi connectivity index (χ3n) is 2.35. The lowest BCUT2D eigenvalue weighted by atomic mass is 10.2. The second-order valence-corrected chi connectivity index (χ2v) is 4.73. The van der Waals surface area contributed by atoms with Gasteiger partial charge in [-0.25, -0.2) is 0 Å². The number of rotatable bonds is 15. The van der Waals surface area contributed by atoms with Crippen LogP contribution >= 0.6 is 15.9 Å². The van der Waals surface area contributed by atoms with Crippen LogP contribution in [0.1, 0.15) is 25.7 Å². The monoisotopic (exact) mass is 326 g/mol. The summed E-state index contributed by atoms with van der Waals surface area (Å²) in [5, 5.41) is 1.11. The van der Waals surface area contributed by atoms with Crippen LogP contribution in [0.2, 0.25) is 0 Å². The fourth-order valence-corrected chi connectivity index (χ4v) is 1.73. The van der Waals surface area contributed by atoms with Gasteiger partial charge in [0.2, 0.25) is 0 Å². The Bertz CT molecular complexity index is 131. The van der Waals surface area contributed by atoms with E-state index < -0.39 is 0 Å². The number of methoxy groups -OCH3 is 1. The van der Waals surface area contributed by atoms with Crippen molar-refractivity contribution in [3.8, 4) is 0 Å². The highest BCUT2D eigenvalue weighted by atomic mass is 79.9. The van der Waals surface area contributed by atoms with E-state index in [-0.39, 0.29) is 0 Å². The van der Waals surface area contributed by atoms with Gasteiger partial charge in [-0.2, -0.15) is 0 Å². The van der Waals surface area contributed by atoms with Crippen LogP contribution < -0.4 is 0 Å². The van der Waals surface area contributed by atoms with E-state index in [1.165, 1.54) is 19.3 Å². The van der Waals surface area contributed by atoms with E-state index in [1.807, 2.05) is 0 Å². The summed E-state index contributed by atoms with van der Waals surface area (Å²) in [6.07, 6.45) is 4.93. The molecule has 0 aromatic rings. The predicted molar refractivity (Wildman–Crippen MR) is 76.6 cm³/mol. The normalized spacial score (nSPS) is 11.0. The van der Waals surface area contributed by atoms with E-state index in [9.17, 15) is 0 Å². The maximum absolute atomic E-state index is 5.46. The maximum Gasteiger partial charge on any atom is 0.0701 e. The second kappa shape index (κ2) is 17.3. The molecule has 0 aliphatic rings. The molecular weight excluding hydrogens is 300 g/mol. The molecule has 5 heteroatoms. The van der Waals surface area contributed by atoms with Gasteiger partial charge >= 0.3 is 0 Å². The topological polar surface area (TPSA) is 36.9 Å². The fraction of sp³-hybridized carbons (Fsp3) is 1.00. The number of hydrogen-bond acceptors (Lipinski definition) is 4. The Labute approximate surface area is 119 Å². The van der Waals surface area contributed by atoms with Gasteiger partial charge in [-0.3, -0.25) is 0 Å². The fourth-order valence-electron chi connectivity index (χ4n) is 1.34. The number of unbranched alkanes of at least 4 members (excludes halogenated alkanes) is 3. The van der Waals surface area contributed by atoms with Crippen molar-refractivity contribution in [1.29, 1.82) is 0 Å². The summed E-state index contributed by atoms with van der Waals surface area (Å²) >= 11 is 3.42. The van der Waals surface area contributed by atoms with E-state index in [0.29, 0.717) is 39.6 Å². The van der Waals surface area contributed by atoms with Crippen molar-refractivity contribution in [1.82, 2.24) is 0 Å². The molecule has 110 valence electrons. The van der Waals surface area contributed by atoms with Crippen molar-refractivity contribution < 1.29 is 18.9 Å². The number of alkyl halides is 1. The zero-order valence-electron chi connectivity index (χ0n) is 11.5. The Balaban J connectivity index is 2.86. The van der Waals surface area contributed by atoms with Gasteiger partial charge in [-0.1, -0.05) is 28.8 Å². The summed E-state index contributed by atoms with van der Waals surface area (Å²) in [6.45, 7) is 4.68. The molecule has 0 heterocycles. The number of hydrogen-bond donors (Lipinski definition) is 0. The molecule has 0 unspecified atom stereocenters. The van der Waals surface area contributed by atoms with E-state index in [1.54, 1.807) is 7.11 Å². The SMILES string of the molecule is COCCOCCOCCOCCCCCCBr. The molecule has 0 N–H and O–H groups in total. The van der Waals surface area contributed by atoms with Crippen LogP contribution in [0.15, 0.2) is 0 Å². The van der Waals surface area contributed by atoms with Gasteiger partial charge in [-0.05, 0) is 12.8 Å². The average molecular weight is 327 g/mol. The lowest BCUT2D eigenvalue weighted by Gasteiger charge is -2.06. The summed E-state index contributed by atoms with van der Waals surface area (Å²) in [4.78, 5) is 0. The Morgan fingerprint density at radius 2 is 1.11 bits per heavy atom. The molecule has 0 atom stereocenters. The van der Waals surface area contributed by atoms with Gasteiger partial charge in [0.15, 0.2) is 0 Å². The zero-order valence-corrected chi connectivity index (χ0v) is 13.1. The molecule has 0 fully saturated rings. The molecule has 0 aliphatic carbocycles. The molecule has 0 aliphatic heterocycles. The quantitative estimate of drug-likeness (QED) is 0.342. The minimum absolute atomic E-state index is 0.621. The standard InChI is InChI=1S/C13H27BrO4/c1-15-8-9-17-12-13-18-11-10-16-7-5-3-2-4-6-14/h2-13H2,1H3. The van der Waals surface area contributed by atoms with E-state index in [0.717, 1.165) is 18.4 Å². The molecule has 0 spiro atoms. The molecule has 0 aromatic heterocycles. The van der Waals surface area contributed by atoms with Crippen LogP contribution in [0, 0.1) is 0 Å². The first-order chi connectivity index (χ1) is 8.91. The Hall–Kier alpha value is 0.320. The van der Waals surface area contributed by atoms with Gasteiger partial charge in [0.25, 0.3) is 0 Å². The molecule has 0 aromatic carbocycles. The third kappa shape index (κ3) is 16.3. The minimum Gasteiger partial charge on any atom is -0.382 e. The van der Waals surface area contributed by atoms with Gasteiger partial charge in [0.05, 0.1) is 39.6 Å². The van der Waals surface area contributed by atoms with Crippen LogP contribution in [-0.4, -0.2) is 58.7 Å². The smallest absolute Gasteiger partial charge is 0.0701 e. The molecule has 0 amide bonds. The predicted octanol–water partition coefficient (Wildman–Crippen LogP) is 2.64. The highest BCUT2D eigenvalue weighted by Gasteiger charge is 1.92. The van der Waals surface area contributed by atoms with Crippen LogP contribution in [0.25, 0.3) is 0 Å². The van der Waals surface area contributed by atoms with Gasteiger partial charge in [0.1, 0.15) is 0 Å². The summed E-state index contributed by atoms with van der Waals surface area (Å²) in [5.74, 6) is 0. The Kier molecular flexibility index (Phi) is 17.6. The summed E-state index contributed by atoms with van der Waals surface area (Å²) < 4.78 is 20.9. The first kappa shape index (κ1) is 18.3. The van der Waals surface area contributed by atoms with Gasteiger partial charge in [-0.15, -0.1) is 0 Å². The highest BCUT2D eigenvalue weighted by Crippen LogP contribution is 2.01. The van der Waals surface area contributed by atoms with Crippen molar-refractivity contribution in [2.75, 3.05) is 58.7 Å². The molecule has 0 saturated carbocycles. The molecule has 18 heavy (non-hydrogen) atoms. The molecular formula is C13H27BrO4. The van der Waals surface area contributed by atoms with E-state index in [2.05, 4.69) is 15.9 Å². The molecule has 4 nitrogen and oxygen atoms in total. The van der Waals surface area contributed by atoms with Crippen molar-refractivity contribution in [2.45, 2.75) is 25.7 Å². The summed E-state index contributed by atoms with van der Waals surface area (Å²) in [5.41, 5.74) is 0. The lowest BCUT2D eigenvalue weighted by molar-refractivity contribution is 0.00324. The summed E-state index contributed by atoms with van der Waals surface area (Å²) in [7, 11) is 1.66. The second-order valence-electron chi connectivity index (χ2n) is 3.93. The van der Waals surface area contributed by atoms with Crippen molar-refractivity contribution in [3.05, 3.63) is 0 Å². The summed E-state index contributed by atoms with van der Waals surface area (Å²) in [6, 6.07) is 0. The van der Waals surface area contributed by atoms with Crippen LogP contribution in [0.3, 0.4) is 0 Å². The van der Waals surface area contributed by atoms with Crippen molar-refractivity contribution in [2.24, 2.45) is 0 Å². The van der Waals surface area contributed by atoms with E-state index in [4.69, 9.17) is 18.9 Å². The maximum atomic E-state index is 5.46. The zero-order chi connectivity index (χ0) is 13.3. The number of halogens is 1. The van der Waals surface area contributed by atoms with Crippen molar-refractivity contribution >= 4 is 15.9 Å².